The molecule has 0 spiro atoms. The molecule has 0 radical (unpaired) electrons. The van der Waals surface area contributed by atoms with Crippen LogP contribution >= 0.6 is 0 Å². The molecule has 0 aliphatic rings. The van der Waals surface area contributed by atoms with Crippen LogP contribution in [0.1, 0.15) is 27.7 Å². The second-order valence-corrected chi connectivity index (χ2v) is 5.12. The molecule has 0 saturated carbocycles. The maximum absolute atomic E-state index is 11.7. The molecule has 1 atom stereocenters. The lowest BCUT2D eigenvalue weighted by atomic mass is 10.1. The Balaban J connectivity index is 3.99. The highest BCUT2D eigenvalue weighted by atomic mass is 16.5. The zero-order chi connectivity index (χ0) is 12.1. The predicted molar refractivity (Wildman–Crippen MR) is 62.0 cm³/mol. The molecule has 15 heavy (non-hydrogen) atoms. The Labute approximate surface area is 93.0 Å². The molecule has 0 bridgehead atoms. The van der Waals surface area contributed by atoms with Crippen LogP contribution in [0.25, 0.3) is 0 Å². The molecule has 2 amide bonds. The van der Waals surface area contributed by atoms with Gasteiger partial charge in [-0.25, -0.2) is 4.79 Å². The highest BCUT2D eigenvalue weighted by Crippen LogP contribution is 2.03. The van der Waals surface area contributed by atoms with E-state index in [-0.39, 0.29) is 11.6 Å². The van der Waals surface area contributed by atoms with Gasteiger partial charge in [0.2, 0.25) is 0 Å². The summed E-state index contributed by atoms with van der Waals surface area (Å²) in [6, 6.07) is -0.0366. The Hall–Kier alpha value is -0.770. The van der Waals surface area contributed by atoms with Gasteiger partial charge in [-0.15, -0.1) is 0 Å². The number of carbonyl (C=O) groups excluding carboxylic acids is 1. The second kappa shape index (κ2) is 5.95. The number of hydrogen-bond donors (Lipinski definition) is 1. The predicted octanol–water partition coefficient (Wildman–Crippen LogP) is 1.71. The third kappa shape index (κ3) is 7.19. The molecule has 0 aromatic carbocycles. The van der Waals surface area contributed by atoms with Gasteiger partial charge in [0, 0.05) is 26.2 Å². The van der Waals surface area contributed by atoms with Crippen LogP contribution in [0.5, 0.6) is 0 Å². The lowest BCUT2D eigenvalue weighted by molar-refractivity contribution is 0.137. The molecule has 90 valence electrons. The minimum absolute atomic E-state index is 0.0366. The third-order valence-corrected chi connectivity index (χ3v) is 1.87. The first-order valence-electron chi connectivity index (χ1n) is 5.28. The van der Waals surface area contributed by atoms with Crippen molar-refractivity contribution in [3.05, 3.63) is 0 Å². The molecule has 0 rings (SSSR count). The Morgan fingerprint density at radius 1 is 1.47 bits per heavy atom. The highest BCUT2D eigenvalue weighted by molar-refractivity contribution is 5.74. The van der Waals surface area contributed by atoms with Gasteiger partial charge in [0.25, 0.3) is 0 Å². The fourth-order valence-corrected chi connectivity index (χ4v) is 1.30. The van der Waals surface area contributed by atoms with Crippen LogP contribution in [-0.4, -0.2) is 43.8 Å². The first-order chi connectivity index (χ1) is 6.76. The zero-order valence-corrected chi connectivity index (χ0v) is 10.8. The van der Waals surface area contributed by atoms with Gasteiger partial charge in [0.15, 0.2) is 0 Å². The molecule has 0 aromatic rings. The number of rotatable bonds is 4. The van der Waals surface area contributed by atoms with E-state index in [2.05, 4.69) is 12.2 Å². The van der Waals surface area contributed by atoms with E-state index in [9.17, 15) is 4.79 Å². The van der Waals surface area contributed by atoms with Gasteiger partial charge < -0.3 is 15.0 Å². The van der Waals surface area contributed by atoms with Gasteiger partial charge in [-0.3, -0.25) is 0 Å². The Morgan fingerprint density at radius 3 is 2.40 bits per heavy atom. The zero-order valence-electron chi connectivity index (χ0n) is 10.8. The summed E-state index contributed by atoms with van der Waals surface area (Å²) in [4.78, 5) is 13.4. The average Bonchev–Trinajstić information content (AvgIpc) is 2.00. The molecule has 0 heterocycles. The average molecular weight is 216 g/mol. The number of methoxy groups -OCH3 is 1. The Morgan fingerprint density at radius 2 is 2.00 bits per heavy atom. The largest absolute Gasteiger partial charge is 0.384 e. The summed E-state index contributed by atoms with van der Waals surface area (Å²) in [6.45, 7) is 9.35. The van der Waals surface area contributed by atoms with Crippen LogP contribution in [0.3, 0.4) is 0 Å². The van der Waals surface area contributed by atoms with E-state index in [4.69, 9.17) is 4.74 Å². The maximum atomic E-state index is 11.7. The third-order valence-electron chi connectivity index (χ3n) is 1.87. The number of amides is 2. The smallest absolute Gasteiger partial charge is 0.317 e. The number of carbonyl (C=O) groups is 1. The van der Waals surface area contributed by atoms with Crippen molar-refractivity contribution >= 4 is 6.03 Å². The Kier molecular flexibility index (Phi) is 5.65. The first kappa shape index (κ1) is 14.2. The van der Waals surface area contributed by atoms with Gasteiger partial charge in [0.05, 0.1) is 6.61 Å². The van der Waals surface area contributed by atoms with Crippen LogP contribution < -0.4 is 5.32 Å². The van der Waals surface area contributed by atoms with E-state index in [1.807, 2.05) is 20.8 Å². The van der Waals surface area contributed by atoms with Crippen LogP contribution in [0.4, 0.5) is 4.79 Å². The van der Waals surface area contributed by atoms with Crippen LogP contribution in [0.2, 0.25) is 0 Å². The van der Waals surface area contributed by atoms with E-state index >= 15 is 0 Å². The van der Waals surface area contributed by atoms with E-state index in [1.165, 1.54) is 0 Å². The standard InChI is InChI=1S/C11H24N2O2/c1-9(8-15-6)7-13(5)10(14)12-11(2,3)4/h9H,7-8H2,1-6H3,(H,12,14). The van der Waals surface area contributed by atoms with Gasteiger partial charge in [-0.05, 0) is 26.7 Å². The SMILES string of the molecule is COCC(C)CN(C)C(=O)NC(C)(C)C. The fourth-order valence-electron chi connectivity index (χ4n) is 1.30. The van der Waals surface area contributed by atoms with Crippen LogP contribution in [0.15, 0.2) is 0 Å². The number of nitrogens with zero attached hydrogens (tertiary/aromatic N) is 1. The van der Waals surface area contributed by atoms with Crippen molar-refractivity contribution in [2.45, 2.75) is 33.2 Å². The number of nitrogens with one attached hydrogen (secondary N) is 1. The molecule has 0 fully saturated rings. The van der Waals surface area contributed by atoms with E-state index in [1.54, 1.807) is 19.1 Å². The van der Waals surface area contributed by atoms with Crippen molar-refractivity contribution in [3.63, 3.8) is 0 Å². The van der Waals surface area contributed by atoms with Gasteiger partial charge in [-0.2, -0.15) is 0 Å². The normalized spacial score (nSPS) is 13.5. The molecule has 1 N–H and O–H groups in total. The van der Waals surface area contributed by atoms with Gasteiger partial charge in [0.1, 0.15) is 0 Å². The summed E-state index contributed by atoms with van der Waals surface area (Å²) in [7, 11) is 3.47. The molecule has 0 saturated heterocycles. The monoisotopic (exact) mass is 216 g/mol. The highest BCUT2D eigenvalue weighted by Gasteiger charge is 2.18. The van der Waals surface area contributed by atoms with E-state index < -0.39 is 0 Å². The topological polar surface area (TPSA) is 41.6 Å². The van der Waals surface area contributed by atoms with Gasteiger partial charge in [-0.1, -0.05) is 6.92 Å². The Bertz CT molecular complexity index is 199. The molecular weight excluding hydrogens is 192 g/mol. The molecule has 0 aromatic heterocycles. The van der Waals surface area contributed by atoms with Crippen LogP contribution in [0, 0.1) is 5.92 Å². The van der Waals surface area contributed by atoms with Crippen molar-refractivity contribution in [1.82, 2.24) is 10.2 Å². The summed E-state index contributed by atoms with van der Waals surface area (Å²) < 4.78 is 5.03. The van der Waals surface area contributed by atoms with E-state index in [0.29, 0.717) is 19.1 Å². The minimum atomic E-state index is -0.185. The number of ether oxygens (including phenoxy) is 1. The summed E-state index contributed by atoms with van der Waals surface area (Å²) in [5, 5.41) is 2.91. The summed E-state index contributed by atoms with van der Waals surface area (Å²) in [6.07, 6.45) is 0. The molecule has 0 aliphatic heterocycles. The van der Waals surface area contributed by atoms with E-state index in [0.717, 1.165) is 0 Å². The van der Waals surface area contributed by atoms with Crippen molar-refractivity contribution in [1.29, 1.82) is 0 Å². The lowest BCUT2D eigenvalue weighted by Gasteiger charge is -2.27. The minimum Gasteiger partial charge on any atom is -0.384 e. The van der Waals surface area contributed by atoms with Crippen LogP contribution in [-0.2, 0) is 4.74 Å². The second-order valence-electron chi connectivity index (χ2n) is 5.12. The quantitative estimate of drug-likeness (QED) is 0.777. The van der Waals surface area contributed by atoms with Crippen molar-refractivity contribution in [2.24, 2.45) is 5.92 Å². The van der Waals surface area contributed by atoms with Gasteiger partial charge >= 0.3 is 6.03 Å². The number of hydrogen-bond acceptors (Lipinski definition) is 2. The fraction of sp³-hybridized carbons (Fsp3) is 0.909. The first-order valence-corrected chi connectivity index (χ1v) is 5.28. The van der Waals surface area contributed by atoms with Crippen molar-refractivity contribution < 1.29 is 9.53 Å². The van der Waals surface area contributed by atoms with Crippen molar-refractivity contribution in [2.75, 3.05) is 27.3 Å². The molecular formula is C11H24N2O2. The van der Waals surface area contributed by atoms with Crippen molar-refractivity contribution in [3.8, 4) is 0 Å². The molecule has 4 nitrogen and oxygen atoms in total. The lowest BCUT2D eigenvalue weighted by Crippen LogP contribution is -2.48. The maximum Gasteiger partial charge on any atom is 0.317 e. The summed E-state index contributed by atoms with van der Waals surface area (Å²) >= 11 is 0. The summed E-state index contributed by atoms with van der Waals surface area (Å²) in [5.74, 6) is 0.353. The molecule has 4 heteroatoms. The number of urea groups is 1. The summed E-state index contributed by atoms with van der Waals surface area (Å²) in [5.41, 5.74) is -0.185. The molecule has 0 aliphatic carbocycles. The molecule has 1 unspecified atom stereocenters.